The highest BCUT2D eigenvalue weighted by Gasteiger charge is 2.24. The zero-order valence-corrected chi connectivity index (χ0v) is 6.01. The molecule has 0 N–H and O–H groups in total. The summed E-state index contributed by atoms with van der Waals surface area (Å²) in [6.07, 6.45) is -0.111. The number of halogens is 1. The van der Waals surface area contributed by atoms with Gasteiger partial charge in [-0.25, -0.2) is 0 Å². The van der Waals surface area contributed by atoms with Crippen molar-refractivity contribution in [1.82, 2.24) is 0 Å². The van der Waals surface area contributed by atoms with Gasteiger partial charge >= 0.3 is 0 Å². The zero-order valence-electron chi connectivity index (χ0n) is 4.43. The summed E-state index contributed by atoms with van der Waals surface area (Å²) in [5.74, 6) is 0. The predicted octanol–water partition coefficient (Wildman–Crippen LogP) is 1.08. The normalized spacial score (nSPS) is 8.67. The first kappa shape index (κ1) is 7.95. The van der Waals surface area contributed by atoms with Gasteiger partial charge in [0, 0.05) is 0 Å². The van der Waals surface area contributed by atoms with Crippen molar-refractivity contribution in [1.29, 1.82) is 15.8 Å². The van der Waals surface area contributed by atoms with E-state index in [0.29, 0.717) is 0 Å². The van der Waals surface area contributed by atoms with Crippen LogP contribution < -0.4 is 0 Å². The first-order valence-electron chi connectivity index (χ1n) is 2.07. The van der Waals surface area contributed by atoms with Gasteiger partial charge in [-0.15, -0.1) is 0 Å². The highest BCUT2D eigenvalue weighted by molar-refractivity contribution is 9.10. The minimum absolute atomic E-state index is 0.111. The van der Waals surface area contributed by atoms with Crippen molar-refractivity contribution in [2.24, 2.45) is 0 Å². The lowest BCUT2D eigenvalue weighted by Crippen LogP contribution is -2.12. The standard InChI is InChI=1S/C5H2BrN3/c6-5(3-8,4-9)1-2-7/h1H2. The van der Waals surface area contributed by atoms with Crippen molar-refractivity contribution >= 4 is 15.9 Å². The first-order valence-corrected chi connectivity index (χ1v) is 2.86. The molecule has 0 fully saturated rings. The Bertz CT molecular complexity index is 200. The molecule has 0 unspecified atom stereocenters. The van der Waals surface area contributed by atoms with Crippen LogP contribution in [0.1, 0.15) is 6.42 Å². The van der Waals surface area contributed by atoms with E-state index in [9.17, 15) is 0 Å². The van der Waals surface area contributed by atoms with Gasteiger partial charge in [0.25, 0.3) is 0 Å². The molecular formula is C5H2BrN3. The summed E-state index contributed by atoms with van der Waals surface area (Å²) in [6.45, 7) is 0. The quantitative estimate of drug-likeness (QED) is 0.572. The molecule has 0 atom stereocenters. The number of hydrogen-bond donors (Lipinski definition) is 0. The van der Waals surface area contributed by atoms with Crippen LogP contribution in [0.3, 0.4) is 0 Å². The largest absolute Gasteiger partial charge is 0.210 e. The predicted molar refractivity (Wildman–Crippen MR) is 33.1 cm³/mol. The van der Waals surface area contributed by atoms with Crippen LogP contribution in [0.2, 0.25) is 0 Å². The maximum atomic E-state index is 8.25. The van der Waals surface area contributed by atoms with E-state index < -0.39 is 4.32 Å². The molecule has 4 heteroatoms. The van der Waals surface area contributed by atoms with Crippen molar-refractivity contribution < 1.29 is 0 Å². The van der Waals surface area contributed by atoms with Gasteiger partial charge in [-0.1, -0.05) is 15.9 Å². The first-order chi connectivity index (χ1) is 4.18. The molecule has 0 aromatic heterocycles. The molecular weight excluding hydrogens is 182 g/mol. The molecule has 0 aliphatic rings. The maximum absolute atomic E-state index is 8.25. The van der Waals surface area contributed by atoms with Crippen molar-refractivity contribution in [3.8, 4) is 18.2 Å². The van der Waals surface area contributed by atoms with Crippen LogP contribution in [0.5, 0.6) is 0 Å². The fraction of sp³-hybridized carbons (Fsp3) is 0.400. The van der Waals surface area contributed by atoms with Crippen molar-refractivity contribution in [3.05, 3.63) is 0 Å². The van der Waals surface area contributed by atoms with E-state index in [2.05, 4.69) is 15.9 Å². The minimum Gasteiger partial charge on any atom is -0.198 e. The minimum atomic E-state index is -1.30. The van der Waals surface area contributed by atoms with E-state index in [1.807, 2.05) is 0 Å². The van der Waals surface area contributed by atoms with Gasteiger partial charge in [-0.05, 0) is 0 Å². The number of nitriles is 3. The second-order valence-corrected chi connectivity index (χ2v) is 2.71. The third kappa shape index (κ3) is 2.13. The summed E-state index contributed by atoms with van der Waals surface area (Å²) >= 11 is 2.80. The average Bonchev–Trinajstić information content (AvgIpc) is 1.89. The lowest BCUT2D eigenvalue weighted by molar-refractivity contribution is 0.948. The van der Waals surface area contributed by atoms with Crippen molar-refractivity contribution in [3.63, 3.8) is 0 Å². The number of rotatable bonds is 1. The molecule has 0 aliphatic carbocycles. The van der Waals surface area contributed by atoms with Gasteiger partial charge in [0.05, 0.1) is 24.6 Å². The summed E-state index contributed by atoms with van der Waals surface area (Å²) < 4.78 is -1.30. The lowest BCUT2D eigenvalue weighted by Gasteiger charge is -2.00. The van der Waals surface area contributed by atoms with Crippen LogP contribution in [0, 0.1) is 34.0 Å². The van der Waals surface area contributed by atoms with Crippen LogP contribution in [0.4, 0.5) is 0 Å². The van der Waals surface area contributed by atoms with E-state index in [1.165, 1.54) is 0 Å². The third-order valence-electron chi connectivity index (χ3n) is 0.677. The van der Waals surface area contributed by atoms with Crippen LogP contribution in [-0.2, 0) is 0 Å². The third-order valence-corrected chi connectivity index (χ3v) is 1.31. The Balaban J connectivity index is 4.24. The van der Waals surface area contributed by atoms with Gasteiger partial charge in [-0.3, -0.25) is 0 Å². The summed E-state index contributed by atoms with van der Waals surface area (Å²) in [4.78, 5) is 0. The Morgan fingerprint density at radius 1 is 1.22 bits per heavy atom. The zero-order chi connectivity index (χ0) is 7.33. The van der Waals surface area contributed by atoms with Gasteiger partial charge in [0.15, 0.2) is 0 Å². The molecule has 9 heavy (non-hydrogen) atoms. The van der Waals surface area contributed by atoms with Gasteiger partial charge < -0.3 is 0 Å². The van der Waals surface area contributed by atoms with Crippen molar-refractivity contribution in [2.75, 3.05) is 0 Å². The summed E-state index contributed by atoms with van der Waals surface area (Å²) in [6, 6.07) is 5.04. The molecule has 0 heterocycles. The number of nitrogens with zero attached hydrogens (tertiary/aromatic N) is 3. The molecule has 3 nitrogen and oxygen atoms in total. The van der Waals surface area contributed by atoms with Crippen LogP contribution in [0.15, 0.2) is 0 Å². The molecule has 44 valence electrons. The molecule has 0 bridgehead atoms. The molecule has 0 saturated carbocycles. The van der Waals surface area contributed by atoms with Crippen LogP contribution >= 0.6 is 15.9 Å². The van der Waals surface area contributed by atoms with Gasteiger partial charge in [0.1, 0.15) is 0 Å². The van der Waals surface area contributed by atoms with Gasteiger partial charge in [-0.2, -0.15) is 15.8 Å². The summed E-state index contributed by atoms with van der Waals surface area (Å²) in [7, 11) is 0. The maximum Gasteiger partial charge on any atom is 0.210 e. The highest BCUT2D eigenvalue weighted by Crippen LogP contribution is 2.18. The molecule has 0 rings (SSSR count). The highest BCUT2D eigenvalue weighted by atomic mass is 79.9. The van der Waals surface area contributed by atoms with E-state index in [4.69, 9.17) is 15.8 Å². The molecule has 0 aliphatic heterocycles. The second kappa shape index (κ2) is 3.07. The fourth-order valence-electron chi connectivity index (χ4n) is 0.213. The topological polar surface area (TPSA) is 71.4 Å². The summed E-state index contributed by atoms with van der Waals surface area (Å²) in [5.41, 5.74) is 0. The average molecular weight is 184 g/mol. The fourth-order valence-corrected chi connectivity index (χ4v) is 0.338. The number of alkyl halides is 1. The smallest absolute Gasteiger partial charge is 0.198 e. The van der Waals surface area contributed by atoms with E-state index >= 15 is 0 Å². The van der Waals surface area contributed by atoms with Gasteiger partial charge in [0.2, 0.25) is 4.32 Å². The molecule has 0 amide bonds. The molecule has 0 saturated heterocycles. The Kier molecular flexibility index (Phi) is 2.71. The Morgan fingerprint density at radius 2 is 1.67 bits per heavy atom. The SMILES string of the molecule is N#CCC(Br)(C#N)C#N. The van der Waals surface area contributed by atoms with Crippen LogP contribution in [0.25, 0.3) is 0 Å². The van der Waals surface area contributed by atoms with E-state index in [1.54, 1.807) is 18.2 Å². The Morgan fingerprint density at radius 3 is 1.78 bits per heavy atom. The monoisotopic (exact) mass is 183 g/mol. The Hall–Kier alpha value is -1.05. The van der Waals surface area contributed by atoms with E-state index in [-0.39, 0.29) is 6.42 Å². The van der Waals surface area contributed by atoms with Crippen LogP contribution in [-0.4, -0.2) is 4.32 Å². The summed E-state index contributed by atoms with van der Waals surface area (Å²) in [5, 5.41) is 24.6. The molecule has 0 aromatic carbocycles. The molecule has 0 spiro atoms. The molecule has 0 radical (unpaired) electrons. The number of hydrogen-bond acceptors (Lipinski definition) is 3. The Labute approximate surface area is 61.2 Å². The molecule has 0 aromatic rings. The van der Waals surface area contributed by atoms with Crippen molar-refractivity contribution in [2.45, 2.75) is 10.7 Å². The van der Waals surface area contributed by atoms with E-state index in [0.717, 1.165) is 0 Å². The lowest BCUT2D eigenvalue weighted by atomic mass is 10.1. The second-order valence-electron chi connectivity index (χ2n) is 1.36.